The van der Waals surface area contributed by atoms with Gasteiger partial charge in [-0.25, -0.2) is 0 Å². The number of nitro benzene ring substituents is 1. The Morgan fingerprint density at radius 1 is 1.44 bits per heavy atom. The minimum Gasteiger partial charge on any atom is -1.00 e. The van der Waals surface area contributed by atoms with Gasteiger partial charge < -0.3 is 22.0 Å². The molecule has 0 spiro atoms. The molecule has 1 N–H and O–H groups in total. The summed E-state index contributed by atoms with van der Waals surface area (Å²) in [5, 5.41) is 19.8. The van der Waals surface area contributed by atoms with Crippen LogP contribution >= 0.6 is 0 Å². The van der Waals surface area contributed by atoms with Crippen LogP contribution < -0.4 is 12.4 Å². The van der Waals surface area contributed by atoms with Crippen molar-refractivity contribution in [2.24, 2.45) is 0 Å². The third-order valence-corrected chi connectivity index (χ3v) is 3.51. The van der Waals surface area contributed by atoms with Crippen molar-refractivity contribution in [3.8, 4) is 0 Å². The van der Waals surface area contributed by atoms with Gasteiger partial charge in [0.25, 0.3) is 5.69 Å². The highest BCUT2D eigenvalue weighted by Crippen LogP contribution is 2.26. The number of rotatable bonds is 3. The largest absolute Gasteiger partial charge is 1.00 e. The van der Waals surface area contributed by atoms with E-state index in [1.807, 2.05) is 6.07 Å². The number of hydrogen-bond acceptors (Lipinski definition) is 3. The Bertz CT molecular complexity index is 453. The Morgan fingerprint density at radius 3 is 2.78 bits per heavy atom. The molecule has 0 radical (unpaired) electrons. The zero-order valence-corrected chi connectivity index (χ0v) is 11.1. The molecule has 2 rings (SSSR count). The Hall–Kier alpha value is -1.17. The molecule has 0 amide bonds. The smallest absolute Gasteiger partial charge is 0.269 e. The van der Waals surface area contributed by atoms with Gasteiger partial charge in [0.2, 0.25) is 0 Å². The molecule has 0 saturated carbocycles. The van der Waals surface area contributed by atoms with E-state index < -0.39 is 0 Å². The van der Waals surface area contributed by atoms with E-state index in [1.54, 1.807) is 12.1 Å². The second kappa shape index (κ2) is 5.65. The van der Waals surface area contributed by atoms with Crippen LogP contribution in [0.5, 0.6) is 0 Å². The van der Waals surface area contributed by atoms with Gasteiger partial charge in [-0.15, -0.1) is 0 Å². The van der Waals surface area contributed by atoms with E-state index in [-0.39, 0.29) is 29.6 Å². The summed E-state index contributed by atoms with van der Waals surface area (Å²) >= 11 is 0. The van der Waals surface area contributed by atoms with Gasteiger partial charge in [-0.1, -0.05) is 6.07 Å². The molecule has 1 aliphatic rings. The summed E-state index contributed by atoms with van der Waals surface area (Å²) in [6.45, 7) is 2.59. The van der Waals surface area contributed by atoms with Crippen LogP contribution in [-0.4, -0.2) is 41.3 Å². The lowest BCUT2D eigenvalue weighted by Crippen LogP contribution is -3.00. The predicted octanol–water partition coefficient (Wildman–Crippen LogP) is -1.91. The Balaban J connectivity index is 0.00000162. The highest BCUT2D eigenvalue weighted by molar-refractivity contribution is 5.40. The number of quaternary nitrogens is 1. The Kier molecular flexibility index (Phi) is 4.67. The molecule has 6 heteroatoms. The molecular weight excluding hydrogens is 256 g/mol. The molecule has 100 valence electrons. The molecule has 1 heterocycles. The van der Waals surface area contributed by atoms with Gasteiger partial charge in [-0.05, 0) is 5.56 Å². The van der Waals surface area contributed by atoms with Gasteiger partial charge in [0.05, 0.1) is 25.1 Å². The molecular formula is C12H17ClN2O3. The second-order valence-electron chi connectivity index (χ2n) is 4.91. The van der Waals surface area contributed by atoms with E-state index in [0.717, 1.165) is 29.6 Å². The van der Waals surface area contributed by atoms with E-state index in [4.69, 9.17) is 5.11 Å². The summed E-state index contributed by atoms with van der Waals surface area (Å²) in [4.78, 5) is 10.4. The van der Waals surface area contributed by atoms with Crippen molar-refractivity contribution >= 4 is 5.69 Å². The molecule has 0 aromatic heterocycles. The van der Waals surface area contributed by atoms with E-state index in [9.17, 15) is 10.1 Å². The van der Waals surface area contributed by atoms with Crippen molar-refractivity contribution in [3.63, 3.8) is 0 Å². The monoisotopic (exact) mass is 272 g/mol. The molecule has 18 heavy (non-hydrogen) atoms. The SMILES string of the molecule is C[N+]1(CCO)CCc2ccc([N+](=O)[O-])cc2C1.[Cl-]. The number of likely N-dealkylation sites (N-methyl/N-ethyl adjacent to an activating group) is 1. The summed E-state index contributed by atoms with van der Waals surface area (Å²) in [5.74, 6) is 0. The van der Waals surface area contributed by atoms with Gasteiger partial charge in [0, 0.05) is 24.1 Å². The zero-order chi connectivity index (χ0) is 12.5. The molecule has 1 atom stereocenters. The highest BCUT2D eigenvalue weighted by Gasteiger charge is 2.28. The second-order valence-corrected chi connectivity index (χ2v) is 4.91. The first kappa shape index (κ1) is 14.9. The number of nitro groups is 1. The maximum atomic E-state index is 10.7. The van der Waals surface area contributed by atoms with Crippen molar-refractivity contribution in [2.45, 2.75) is 13.0 Å². The summed E-state index contributed by atoms with van der Waals surface area (Å²) in [6.07, 6.45) is 0.920. The molecule has 1 unspecified atom stereocenters. The average molecular weight is 273 g/mol. The van der Waals surface area contributed by atoms with E-state index in [1.165, 1.54) is 5.56 Å². The Morgan fingerprint density at radius 2 is 2.17 bits per heavy atom. The molecule has 0 bridgehead atoms. The minimum absolute atomic E-state index is 0. The lowest BCUT2D eigenvalue weighted by molar-refractivity contribution is -0.924. The van der Waals surface area contributed by atoms with Crippen LogP contribution in [0.4, 0.5) is 5.69 Å². The fraction of sp³-hybridized carbons (Fsp3) is 0.500. The van der Waals surface area contributed by atoms with Gasteiger partial charge >= 0.3 is 0 Å². The number of non-ortho nitro benzene ring substituents is 1. The molecule has 1 aromatic carbocycles. The number of hydrogen-bond donors (Lipinski definition) is 1. The molecule has 5 nitrogen and oxygen atoms in total. The van der Waals surface area contributed by atoms with Crippen LogP contribution in [0.25, 0.3) is 0 Å². The summed E-state index contributed by atoms with van der Waals surface area (Å²) in [6, 6.07) is 5.10. The number of halogens is 1. The van der Waals surface area contributed by atoms with Crippen LogP contribution in [0.1, 0.15) is 11.1 Å². The third kappa shape index (κ3) is 2.98. The van der Waals surface area contributed by atoms with Gasteiger partial charge in [-0.3, -0.25) is 10.1 Å². The van der Waals surface area contributed by atoms with Crippen molar-refractivity contribution < 1.29 is 26.9 Å². The van der Waals surface area contributed by atoms with Crippen LogP contribution in [0.2, 0.25) is 0 Å². The van der Waals surface area contributed by atoms with Gasteiger partial charge in [-0.2, -0.15) is 0 Å². The zero-order valence-electron chi connectivity index (χ0n) is 10.3. The summed E-state index contributed by atoms with van der Waals surface area (Å²) in [7, 11) is 2.08. The van der Waals surface area contributed by atoms with Crippen molar-refractivity contribution in [2.75, 3.05) is 26.7 Å². The maximum Gasteiger partial charge on any atom is 0.269 e. The molecule has 1 aliphatic heterocycles. The quantitative estimate of drug-likeness (QED) is 0.397. The number of fused-ring (bicyclic) bond motifs is 1. The molecule has 0 saturated heterocycles. The summed E-state index contributed by atoms with van der Waals surface area (Å²) < 4.78 is 0.755. The standard InChI is InChI=1S/C12H17N2O3.ClH/c1-14(6-7-15)5-4-10-2-3-12(13(16)17)8-11(10)9-14;/h2-3,8,15H,4-7,9H2,1H3;1H/q+1;/p-1. The number of aliphatic hydroxyl groups excluding tert-OH is 1. The number of benzene rings is 1. The van der Waals surface area contributed by atoms with Gasteiger partial charge in [0.1, 0.15) is 13.1 Å². The lowest BCUT2D eigenvalue weighted by Gasteiger charge is -2.38. The first-order chi connectivity index (χ1) is 8.04. The first-order valence-electron chi connectivity index (χ1n) is 5.75. The van der Waals surface area contributed by atoms with Crippen molar-refractivity contribution in [3.05, 3.63) is 39.4 Å². The van der Waals surface area contributed by atoms with Crippen LogP contribution in [0, 0.1) is 10.1 Å². The Labute approximate surface area is 112 Å². The predicted molar refractivity (Wildman–Crippen MR) is 63.5 cm³/mol. The highest BCUT2D eigenvalue weighted by atomic mass is 35.5. The van der Waals surface area contributed by atoms with Crippen LogP contribution in [0.3, 0.4) is 0 Å². The number of nitrogens with zero attached hydrogens (tertiary/aromatic N) is 2. The van der Waals surface area contributed by atoms with E-state index in [2.05, 4.69) is 7.05 Å². The van der Waals surface area contributed by atoms with E-state index in [0.29, 0.717) is 6.54 Å². The minimum atomic E-state index is -0.356. The molecule has 0 fully saturated rings. The topological polar surface area (TPSA) is 63.4 Å². The third-order valence-electron chi connectivity index (χ3n) is 3.51. The molecule has 0 aliphatic carbocycles. The van der Waals surface area contributed by atoms with Crippen LogP contribution in [0.15, 0.2) is 18.2 Å². The van der Waals surface area contributed by atoms with Crippen molar-refractivity contribution in [1.29, 1.82) is 0 Å². The molecule has 1 aromatic rings. The maximum absolute atomic E-state index is 10.7. The van der Waals surface area contributed by atoms with Gasteiger partial charge in [0.15, 0.2) is 0 Å². The fourth-order valence-corrected chi connectivity index (χ4v) is 2.43. The fourth-order valence-electron chi connectivity index (χ4n) is 2.43. The van der Waals surface area contributed by atoms with Crippen LogP contribution in [-0.2, 0) is 13.0 Å². The normalized spacial score (nSPS) is 21.9. The first-order valence-corrected chi connectivity index (χ1v) is 5.75. The number of aliphatic hydroxyl groups is 1. The van der Waals surface area contributed by atoms with Crippen molar-refractivity contribution in [1.82, 2.24) is 0 Å². The summed E-state index contributed by atoms with van der Waals surface area (Å²) in [5.41, 5.74) is 2.40. The lowest BCUT2D eigenvalue weighted by atomic mass is 9.97. The van der Waals surface area contributed by atoms with E-state index >= 15 is 0 Å². The average Bonchev–Trinajstić information content (AvgIpc) is 2.27.